The monoisotopic (exact) mass is 378 g/mol. The quantitative estimate of drug-likeness (QED) is 0.696. The number of ketones is 1. The number of nitrogens with one attached hydrogen (secondary N) is 1. The van der Waals surface area contributed by atoms with Crippen LogP contribution in [0.25, 0.3) is 10.9 Å². The number of anilines is 1. The molecule has 1 aromatic heterocycles. The maximum absolute atomic E-state index is 12.9. The number of benzene rings is 2. The summed E-state index contributed by atoms with van der Waals surface area (Å²) in [7, 11) is 1.58. The third-order valence-corrected chi connectivity index (χ3v) is 4.60. The molecule has 0 aliphatic carbocycles. The Kier molecular flexibility index (Phi) is 4.35. The molecule has 7 nitrogen and oxygen atoms in total. The van der Waals surface area contributed by atoms with Crippen LogP contribution < -0.4 is 19.5 Å². The molecule has 0 radical (unpaired) electrons. The van der Waals surface area contributed by atoms with Crippen molar-refractivity contribution < 1.29 is 23.8 Å². The van der Waals surface area contributed by atoms with Crippen molar-refractivity contribution in [2.24, 2.45) is 0 Å². The van der Waals surface area contributed by atoms with Gasteiger partial charge in [0.2, 0.25) is 6.79 Å². The number of pyridine rings is 1. The molecule has 142 valence electrons. The summed E-state index contributed by atoms with van der Waals surface area (Å²) in [6.07, 6.45) is 0. The highest BCUT2D eigenvalue weighted by Crippen LogP contribution is 2.37. The van der Waals surface area contributed by atoms with Crippen LogP contribution in [-0.4, -0.2) is 30.6 Å². The molecule has 3 aromatic rings. The van der Waals surface area contributed by atoms with Crippen LogP contribution in [0.15, 0.2) is 36.4 Å². The van der Waals surface area contributed by atoms with Gasteiger partial charge < -0.3 is 19.5 Å². The maximum atomic E-state index is 12.9. The number of hydrogen-bond donors (Lipinski definition) is 1. The van der Waals surface area contributed by atoms with E-state index in [0.29, 0.717) is 39.8 Å². The van der Waals surface area contributed by atoms with E-state index in [1.54, 1.807) is 32.2 Å². The molecule has 1 amide bonds. The van der Waals surface area contributed by atoms with Gasteiger partial charge in [0.15, 0.2) is 17.3 Å². The largest absolute Gasteiger partial charge is 0.497 e. The van der Waals surface area contributed by atoms with E-state index in [-0.39, 0.29) is 18.5 Å². The summed E-state index contributed by atoms with van der Waals surface area (Å²) in [5.41, 5.74) is 2.48. The van der Waals surface area contributed by atoms with E-state index in [4.69, 9.17) is 14.2 Å². The molecular weight excluding hydrogens is 360 g/mol. The second kappa shape index (κ2) is 6.84. The molecule has 0 atom stereocenters. The smallest absolute Gasteiger partial charge is 0.257 e. The number of hydrogen-bond acceptors (Lipinski definition) is 6. The Hall–Kier alpha value is -3.61. The highest BCUT2D eigenvalue weighted by molar-refractivity contribution is 6.11. The minimum atomic E-state index is -0.365. The molecule has 0 saturated heterocycles. The molecule has 0 bridgehead atoms. The fraction of sp³-hybridized carbons (Fsp3) is 0.190. The molecule has 1 N–H and O–H groups in total. The van der Waals surface area contributed by atoms with Gasteiger partial charge in [0.25, 0.3) is 5.91 Å². The van der Waals surface area contributed by atoms with Gasteiger partial charge in [0.1, 0.15) is 5.75 Å². The number of methoxy groups -OCH3 is 1. The molecule has 28 heavy (non-hydrogen) atoms. The van der Waals surface area contributed by atoms with E-state index in [1.807, 2.05) is 18.2 Å². The summed E-state index contributed by atoms with van der Waals surface area (Å²) < 4.78 is 15.9. The average molecular weight is 378 g/mol. The number of carbonyl (C=O) groups excluding carboxylic acids is 2. The Bertz CT molecular complexity index is 1120. The molecule has 4 rings (SSSR count). The third-order valence-electron chi connectivity index (χ3n) is 4.60. The van der Waals surface area contributed by atoms with E-state index in [9.17, 15) is 9.59 Å². The van der Waals surface area contributed by atoms with Crippen LogP contribution in [0.2, 0.25) is 0 Å². The van der Waals surface area contributed by atoms with Crippen LogP contribution >= 0.6 is 0 Å². The number of Topliss-reactive ketones (excluding diaryl/α,β-unsaturated/α-hetero) is 1. The van der Waals surface area contributed by atoms with E-state index in [2.05, 4.69) is 10.3 Å². The normalized spacial score (nSPS) is 12.1. The van der Waals surface area contributed by atoms with Crippen molar-refractivity contribution in [3.63, 3.8) is 0 Å². The van der Waals surface area contributed by atoms with Crippen molar-refractivity contribution in [1.29, 1.82) is 0 Å². The Morgan fingerprint density at radius 1 is 1.07 bits per heavy atom. The van der Waals surface area contributed by atoms with Gasteiger partial charge in [-0.15, -0.1) is 0 Å². The first-order chi connectivity index (χ1) is 13.5. The molecule has 0 fully saturated rings. The van der Waals surface area contributed by atoms with Crippen LogP contribution in [0, 0.1) is 6.92 Å². The van der Waals surface area contributed by atoms with E-state index in [0.717, 1.165) is 10.9 Å². The van der Waals surface area contributed by atoms with Gasteiger partial charge in [0, 0.05) is 17.0 Å². The number of ether oxygens (including phenoxy) is 3. The lowest BCUT2D eigenvalue weighted by Gasteiger charge is -2.12. The van der Waals surface area contributed by atoms with Gasteiger partial charge in [-0.3, -0.25) is 14.6 Å². The molecule has 2 aromatic carbocycles. The predicted molar refractivity (Wildman–Crippen MR) is 104 cm³/mol. The van der Waals surface area contributed by atoms with Crippen LogP contribution in [0.3, 0.4) is 0 Å². The zero-order chi connectivity index (χ0) is 19.8. The molecule has 2 heterocycles. The second-order valence-corrected chi connectivity index (χ2v) is 6.44. The molecule has 1 aliphatic heterocycles. The van der Waals surface area contributed by atoms with Gasteiger partial charge in [-0.1, -0.05) is 0 Å². The number of carbonyl (C=O) groups is 2. The molecule has 0 spiro atoms. The highest BCUT2D eigenvalue weighted by atomic mass is 16.7. The van der Waals surface area contributed by atoms with Crippen LogP contribution in [-0.2, 0) is 0 Å². The number of fused-ring (bicyclic) bond motifs is 2. The summed E-state index contributed by atoms with van der Waals surface area (Å²) in [4.78, 5) is 29.5. The summed E-state index contributed by atoms with van der Waals surface area (Å²) in [6.45, 7) is 3.28. The first-order valence-electron chi connectivity index (χ1n) is 8.67. The summed E-state index contributed by atoms with van der Waals surface area (Å²) in [6, 6.07) is 10.4. The van der Waals surface area contributed by atoms with E-state index >= 15 is 0 Å². The van der Waals surface area contributed by atoms with Gasteiger partial charge >= 0.3 is 0 Å². The summed E-state index contributed by atoms with van der Waals surface area (Å²) in [5.74, 6) is 1.10. The number of amides is 1. The fourth-order valence-electron chi connectivity index (χ4n) is 3.13. The molecule has 7 heteroatoms. The Morgan fingerprint density at radius 2 is 1.82 bits per heavy atom. The minimum Gasteiger partial charge on any atom is -0.497 e. The van der Waals surface area contributed by atoms with E-state index in [1.165, 1.54) is 6.92 Å². The van der Waals surface area contributed by atoms with Crippen molar-refractivity contribution in [2.75, 3.05) is 19.2 Å². The third kappa shape index (κ3) is 3.11. The van der Waals surface area contributed by atoms with Crippen LogP contribution in [0.4, 0.5) is 5.69 Å². The number of aryl methyl sites for hydroxylation is 1. The highest BCUT2D eigenvalue weighted by Gasteiger charge is 2.21. The van der Waals surface area contributed by atoms with Crippen molar-refractivity contribution in [3.8, 4) is 17.2 Å². The van der Waals surface area contributed by atoms with Crippen LogP contribution in [0.5, 0.6) is 17.2 Å². The maximum Gasteiger partial charge on any atom is 0.257 e. The summed E-state index contributed by atoms with van der Waals surface area (Å²) >= 11 is 0. The minimum absolute atomic E-state index is 0.0829. The Morgan fingerprint density at radius 3 is 2.54 bits per heavy atom. The number of rotatable bonds is 4. The van der Waals surface area contributed by atoms with E-state index < -0.39 is 0 Å². The zero-order valence-corrected chi connectivity index (χ0v) is 15.7. The van der Waals surface area contributed by atoms with Gasteiger partial charge in [-0.2, -0.15) is 0 Å². The molecule has 0 unspecified atom stereocenters. The second-order valence-electron chi connectivity index (χ2n) is 6.44. The Labute approximate surface area is 161 Å². The molecule has 0 saturated carbocycles. The van der Waals surface area contributed by atoms with Crippen molar-refractivity contribution in [2.45, 2.75) is 13.8 Å². The van der Waals surface area contributed by atoms with Gasteiger partial charge in [0.05, 0.1) is 29.6 Å². The molecular formula is C21H18N2O5. The van der Waals surface area contributed by atoms with Gasteiger partial charge in [-0.25, -0.2) is 0 Å². The van der Waals surface area contributed by atoms with Crippen LogP contribution in [0.1, 0.15) is 33.3 Å². The predicted octanol–water partition coefficient (Wildman–Crippen LogP) is 3.74. The van der Waals surface area contributed by atoms with Gasteiger partial charge in [-0.05, 0) is 44.2 Å². The lowest BCUT2D eigenvalue weighted by Crippen LogP contribution is -2.16. The van der Waals surface area contributed by atoms with Crippen molar-refractivity contribution in [1.82, 2.24) is 4.98 Å². The SMILES string of the molecule is COc1ccc2nc(C)c(C(=O)Nc3cc4c(cc3C(C)=O)OCO4)cc2c1. The number of aromatic nitrogens is 1. The number of nitrogens with zero attached hydrogens (tertiary/aromatic N) is 1. The first kappa shape index (κ1) is 17.8. The lowest BCUT2D eigenvalue weighted by atomic mass is 10.1. The summed E-state index contributed by atoms with van der Waals surface area (Å²) in [5, 5.41) is 3.59. The van der Waals surface area contributed by atoms with Crippen molar-refractivity contribution >= 4 is 28.3 Å². The first-order valence-corrected chi connectivity index (χ1v) is 8.67. The standard InChI is InChI=1S/C21H18N2O5/c1-11-15(7-13-6-14(26-3)4-5-17(13)22-11)21(25)23-18-9-20-19(27-10-28-20)8-16(18)12(2)24/h4-9H,10H2,1-3H3,(H,23,25). The Balaban J connectivity index is 1.72. The lowest BCUT2D eigenvalue weighted by molar-refractivity contribution is 0.101. The zero-order valence-electron chi connectivity index (χ0n) is 15.7. The van der Waals surface area contributed by atoms with Crippen molar-refractivity contribution in [3.05, 3.63) is 53.2 Å². The molecule has 1 aliphatic rings. The topological polar surface area (TPSA) is 86.8 Å². The average Bonchev–Trinajstić information content (AvgIpc) is 3.13. The fourth-order valence-corrected chi connectivity index (χ4v) is 3.13.